The van der Waals surface area contributed by atoms with Crippen molar-refractivity contribution in [1.29, 1.82) is 0 Å². The van der Waals surface area contributed by atoms with Crippen LogP contribution in [-0.2, 0) is 10.2 Å². The van der Waals surface area contributed by atoms with E-state index in [4.69, 9.17) is 0 Å². The second-order valence-electron chi connectivity index (χ2n) is 4.41. The van der Waals surface area contributed by atoms with Crippen LogP contribution in [0.2, 0.25) is 0 Å². The summed E-state index contributed by atoms with van der Waals surface area (Å²) in [6.45, 7) is 4.06. The van der Waals surface area contributed by atoms with Crippen molar-refractivity contribution in [2.45, 2.75) is 32.6 Å². The molecule has 1 rings (SSSR count). The zero-order chi connectivity index (χ0) is 12.0. The highest BCUT2D eigenvalue weighted by Gasteiger charge is 2.24. The predicted octanol–water partition coefficient (Wildman–Crippen LogP) is 1.73. The van der Waals surface area contributed by atoms with Gasteiger partial charge in [0.15, 0.2) is 0 Å². The standard InChI is InChI=1S/C10H21BrN2O2S/c1-10(9-11)5-4-6-12-16(14,15)13-7-2-3-8-13/h10,12H,2-9H2,1H3. The lowest BCUT2D eigenvalue weighted by molar-refractivity contribution is 0.460. The van der Waals surface area contributed by atoms with Gasteiger partial charge in [0.2, 0.25) is 0 Å². The molecule has 96 valence electrons. The first-order valence-corrected chi connectivity index (χ1v) is 8.43. The molecule has 1 unspecified atom stereocenters. The van der Waals surface area contributed by atoms with Gasteiger partial charge in [0, 0.05) is 25.0 Å². The summed E-state index contributed by atoms with van der Waals surface area (Å²) in [5, 5.41) is 0.978. The van der Waals surface area contributed by atoms with E-state index in [2.05, 4.69) is 27.6 Å². The molecule has 1 aliphatic heterocycles. The number of hydrogen-bond acceptors (Lipinski definition) is 2. The number of nitrogens with zero attached hydrogens (tertiary/aromatic N) is 1. The average Bonchev–Trinajstić information content (AvgIpc) is 2.78. The molecule has 1 aliphatic rings. The van der Waals surface area contributed by atoms with Gasteiger partial charge in [0.1, 0.15) is 0 Å². The highest BCUT2D eigenvalue weighted by atomic mass is 79.9. The Kier molecular flexibility index (Phi) is 6.25. The van der Waals surface area contributed by atoms with Crippen LogP contribution in [0.4, 0.5) is 0 Å². The van der Waals surface area contributed by atoms with Gasteiger partial charge in [0.05, 0.1) is 0 Å². The second-order valence-corrected chi connectivity index (χ2v) is 6.81. The van der Waals surface area contributed by atoms with Gasteiger partial charge in [-0.2, -0.15) is 12.7 Å². The Morgan fingerprint density at radius 2 is 2.00 bits per heavy atom. The van der Waals surface area contributed by atoms with Crippen LogP contribution in [0.3, 0.4) is 0 Å². The molecule has 0 spiro atoms. The maximum Gasteiger partial charge on any atom is 0.279 e. The summed E-state index contributed by atoms with van der Waals surface area (Å²) in [6.07, 6.45) is 3.93. The van der Waals surface area contributed by atoms with E-state index in [9.17, 15) is 8.42 Å². The van der Waals surface area contributed by atoms with E-state index in [0.29, 0.717) is 25.6 Å². The van der Waals surface area contributed by atoms with Crippen LogP contribution in [0, 0.1) is 5.92 Å². The first-order chi connectivity index (χ1) is 7.56. The van der Waals surface area contributed by atoms with Gasteiger partial charge in [-0.15, -0.1) is 0 Å². The van der Waals surface area contributed by atoms with Crippen LogP contribution in [0.15, 0.2) is 0 Å². The van der Waals surface area contributed by atoms with E-state index >= 15 is 0 Å². The lowest BCUT2D eigenvalue weighted by Crippen LogP contribution is -2.39. The lowest BCUT2D eigenvalue weighted by atomic mass is 10.1. The van der Waals surface area contributed by atoms with Gasteiger partial charge in [-0.3, -0.25) is 0 Å². The minimum Gasteiger partial charge on any atom is -0.202 e. The van der Waals surface area contributed by atoms with Gasteiger partial charge in [-0.05, 0) is 31.6 Å². The van der Waals surface area contributed by atoms with Crippen LogP contribution < -0.4 is 4.72 Å². The van der Waals surface area contributed by atoms with Crippen molar-refractivity contribution in [2.75, 3.05) is 25.0 Å². The maximum absolute atomic E-state index is 11.8. The normalized spacial score (nSPS) is 20.1. The van der Waals surface area contributed by atoms with Crippen molar-refractivity contribution in [3.05, 3.63) is 0 Å². The maximum atomic E-state index is 11.8. The van der Waals surface area contributed by atoms with Gasteiger partial charge in [-0.1, -0.05) is 22.9 Å². The highest BCUT2D eigenvalue weighted by Crippen LogP contribution is 2.12. The number of nitrogens with one attached hydrogen (secondary N) is 1. The molecule has 0 saturated carbocycles. The Balaban J connectivity index is 2.20. The lowest BCUT2D eigenvalue weighted by Gasteiger charge is -2.16. The fraction of sp³-hybridized carbons (Fsp3) is 1.00. The van der Waals surface area contributed by atoms with E-state index in [1.54, 1.807) is 4.31 Å². The SMILES string of the molecule is CC(CBr)CCCNS(=O)(=O)N1CCCC1. The van der Waals surface area contributed by atoms with Gasteiger partial charge < -0.3 is 0 Å². The summed E-state index contributed by atoms with van der Waals surface area (Å²) in [7, 11) is -3.19. The summed E-state index contributed by atoms with van der Waals surface area (Å²) >= 11 is 3.41. The Bertz CT molecular complexity index is 289. The quantitative estimate of drug-likeness (QED) is 0.575. The molecule has 0 aromatic rings. The third kappa shape index (κ3) is 4.69. The summed E-state index contributed by atoms with van der Waals surface area (Å²) in [4.78, 5) is 0. The molecule has 1 heterocycles. The van der Waals surface area contributed by atoms with E-state index in [1.807, 2.05) is 0 Å². The second kappa shape index (κ2) is 6.93. The van der Waals surface area contributed by atoms with Crippen LogP contribution in [0.5, 0.6) is 0 Å². The number of hydrogen-bond donors (Lipinski definition) is 1. The molecule has 0 amide bonds. The summed E-state index contributed by atoms with van der Waals surface area (Å²) in [5.41, 5.74) is 0. The molecule has 0 radical (unpaired) electrons. The minimum atomic E-state index is -3.19. The van der Waals surface area contributed by atoms with Crippen molar-refractivity contribution >= 4 is 26.1 Å². The van der Waals surface area contributed by atoms with Crippen LogP contribution in [0.1, 0.15) is 32.6 Å². The third-order valence-corrected chi connectivity index (χ3v) is 5.55. The van der Waals surface area contributed by atoms with Crippen molar-refractivity contribution in [2.24, 2.45) is 5.92 Å². The molecule has 1 atom stereocenters. The molecular weight excluding hydrogens is 292 g/mol. The fourth-order valence-electron chi connectivity index (χ4n) is 1.75. The van der Waals surface area contributed by atoms with Crippen LogP contribution in [0.25, 0.3) is 0 Å². The number of alkyl halides is 1. The Morgan fingerprint density at radius 1 is 1.38 bits per heavy atom. The molecule has 0 aromatic carbocycles. The van der Waals surface area contributed by atoms with Crippen molar-refractivity contribution in [3.8, 4) is 0 Å². The summed E-state index contributed by atoms with van der Waals surface area (Å²) in [5.74, 6) is 0.608. The first kappa shape index (κ1) is 14.4. The molecule has 0 aliphatic carbocycles. The Hall–Kier alpha value is 0.350. The van der Waals surface area contributed by atoms with Gasteiger partial charge >= 0.3 is 0 Å². The zero-order valence-corrected chi connectivity index (χ0v) is 12.2. The van der Waals surface area contributed by atoms with E-state index in [1.165, 1.54) is 0 Å². The summed E-state index contributed by atoms with van der Waals surface area (Å²) in [6, 6.07) is 0. The largest absolute Gasteiger partial charge is 0.279 e. The van der Waals surface area contributed by atoms with E-state index < -0.39 is 10.2 Å². The van der Waals surface area contributed by atoms with E-state index in [-0.39, 0.29) is 0 Å². The van der Waals surface area contributed by atoms with Crippen LogP contribution >= 0.6 is 15.9 Å². The molecule has 0 bridgehead atoms. The predicted molar refractivity (Wildman–Crippen MR) is 69.9 cm³/mol. The van der Waals surface area contributed by atoms with Crippen molar-refractivity contribution in [1.82, 2.24) is 9.03 Å². The number of halogens is 1. The minimum absolute atomic E-state index is 0.552. The average molecular weight is 313 g/mol. The molecule has 1 N–H and O–H groups in total. The van der Waals surface area contributed by atoms with Gasteiger partial charge in [-0.25, -0.2) is 4.72 Å². The van der Waals surface area contributed by atoms with Crippen molar-refractivity contribution < 1.29 is 8.42 Å². The third-order valence-electron chi connectivity index (χ3n) is 2.83. The molecule has 1 saturated heterocycles. The monoisotopic (exact) mass is 312 g/mol. The van der Waals surface area contributed by atoms with Gasteiger partial charge in [0.25, 0.3) is 10.2 Å². The fourth-order valence-corrected chi connectivity index (χ4v) is 3.40. The van der Waals surface area contributed by atoms with Crippen LogP contribution in [-0.4, -0.2) is 37.7 Å². The summed E-state index contributed by atoms with van der Waals surface area (Å²) < 4.78 is 27.7. The highest BCUT2D eigenvalue weighted by molar-refractivity contribution is 9.09. The van der Waals surface area contributed by atoms with Crippen molar-refractivity contribution in [3.63, 3.8) is 0 Å². The first-order valence-electron chi connectivity index (χ1n) is 5.87. The number of rotatable bonds is 7. The molecule has 6 heteroatoms. The Labute approximate surface area is 107 Å². The molecule has 1 fully saturated rings. The molecule has 0 aromatic heterocycles. The zero-order valence-electron chi connectivity index (χ0n) is 9.78. The van der Waals surface area contributed by atoms with E-state index in [0.717, 1.165) is 31.0 Å². The molecule has 16 heavy (non-hydrogen) atoms. The smallest absolute Gasteiger partial charge is 0.202 e. The molecular formula is C10H21BrN2O2S. The molecule has 4 nitrogen and oxygen atoms in total. The topological polar surface area (TPSA) is 49.4 Å². The Morgan fingerprint density at radius 3 is 2.56 bits per heavy atom.